The van der Waals surface area contributed by atoms with Crippen LogP contribution in [0.15, 0.2) is 24.3 Å². The van der Waals surface area contributed by atoms with Gasteiger partial charge in [-0.25, -0.2) is 0 Å². The molecular formula is C15H23IO. The fourth-order valence-electron chi connectivity index (χ4n) is 2.00. The summed E-state index contributed by atoms with van der Waals surface area (Å²) in [6.07, 6.45) is 8.81. The van der Waals surface area contributed by atoms with Crippen molar-refractivity contribution >= 4 is 22.6 Å². The molecule has 1 atom stereocenters. The van der Waals surface area contributed by atoms with Crippen LogP contribution in [-0.2, 0) is 6.42 Å². The molecule has 1 rings (SSSR count). The Kier molecular flexibility index (Phi) is 7.65. The summed E-state index contributed by atoms with van der Waals surface area (Å²) in [6, 6.07) is 7.68. The van der Waals surface area contributed by atoms with Gasteiger partial charge in [-0.15, -0.1) is 0 Å². The van der Waals surface area contributed by atoms with Gasteiger partial charge in [-0.05, 0) is 37.3 Å². The van der Waals surface area contributed by atoms with E-state index in [0.717, 1.165) is 15.9 Å². The number of unbranched alkanes of at least 4 members (excludes halogenated alkanes) is 2. The summed E-state index contributed by atoms with van der Waals surface area (Å²) < 4.78 is 0.796. The maximum absolute atomic E-state index is 9.65. The van der Waals surface area contributed by atoms with Crippen LogP contribution in [0.4, 0.5) is 0 Å². The molecule has 0 aliphatic carbocycles. The molecule has 0 bridgehead atoms. The van der Waals surface area contributed by atoms with Crippen LogP contribution in [0.5, 0.6) is 5.75 Å². The van der Waals surface area contributed by atoms with E-state index < -0.39 is 0 Å². The van der Waals surface area contributed by atoms with Crippen LogP contribution >= 0.6 is 22.6 Å². The number of phenolic OH excluding ortho intramolecular Hbond substituents is 1. The van der Waals surface area contributed by atoms with E-state index in [1.807, 2.05) is 18.2 Å². The third-order valence-electron chi connectivity index (χ3n) is 3.08. The number of phenols is 1. The van der Waals surface area contributed by atoms with Crippen LogP contribution in [0.2, 0.25) is 0 Å². The zero-order valence-corrected chi connectivity index (χ0v) is 12.8. The van der Waals surface area contributed by atoms with Crippen molar-refractivity contribution < 1.29 is 5.11 Å². The van der Waals surface area contributed by atoms with Crippen molar-refractivity contribution in [2.45, 2.75) is 55.8 Å². The Labute approximate surface area is 119 Å². The van der Waals surface area contributed by atoms with Crippen LogP contribution in [0.3, 0.4) is 0 Å². The van der Waals surface area contributed by atoms with E-state index in [-0.39, 0.29) is 0 Å². The summed E-state index contributed by atoms with van der Waals surface area (Å²) in [5.74, 6) is 0.448. The van der Waals surface area contributed by atoms with Gasteiger partial charge in [0.05, 0.1) is 0 Å². The van der Waals surface area contributed by atoms with Gasteiger partial charge in [0.15, 0.2) is 0 Å². The van der Waals surface area contributed by atoms with Crippen molar-refractivity contribution in [3.63, 3.8) is 0 Å². The van der Waals surface area contributed by atoms with Crippen LogP contribution in [-0.4, -0.2) is 9.03 Å². The normalized spacial score (nSPS) is 12.6. The highest BCUT2D eigenvalue weighted by Gasteiger charge is 2.05. The minimum Gasteiger partial charge on any atom is -0.508 e. The quantitative estimate of drug-likeness (QED) is 0.394. The Hall–Kier alpha value is -0.250. The van der Waals surface area contributed by atoms with E-state index >= 15 is 0 Å². The number of rotatable bonds is 8. The molecule has 96 valence electrons. The summed E-state index contributed by atoms with van der Waals surface area (Å²) in [4.78, 5) is 0. The molecule has 1 aromatic rings. The number of benzene rings is 1. The number of aryl methyl sites for hydroxylation is 1. The molecule has 1 aromatic carbocycles. The monoisotopic (exact) mass is 346 g/mol. The summed E-state index contributed by atoms with van der Waals surface area (Å²) >= 11 is 2.57. The Bertz CT molecular complexity index is 312. The average molecular weight is 346 g/mol. The highest BCUT2D eigenvalue weighted by Crippen LogP contribution is 2.21. The first-order chi connectivity index (χ1) is 8.24. The van der Waals surface area contributed by atoms with Crippen molar-refractivity contribution in [1.29, 1.82) is 0 Å². The Balaban J connectivity index is 2.17. The van der Waals surface area contributed by atoms with Gasteiger partial charge in [0.2, 0.25) is 0 Å². The summed E-state index contributed by atoms with van der Waals surface area (Å²) in [5, 5.41) is 9.65. The number of hydrogen-bond acceptors (Lipinski definition) is 1. The molecule has 0 aliphatic rings. The lowest BCUT2D eigenvalue weighted by molar-refractivity contribution is 0.466. The third kappa shape index (κ3) is 6.29. The third-order valence-corrected chi connectivity index (χ3v) is 4.32. The van der Waals surface area contributed by atoms with Gasteiger partial charge in [0.1, 0.15) is 5.75 Å². The molecule has 0 fully saturated rings. The predicted octanol–water partition coefficient (Wildman–Crippen LogP) is 5.10. The van der Waals surface area contributed by atoms with Crippen molar-refractivity contribution in [3.8, 4) is 5.75 Å². The topological polar surface area (TPSA) is 20.2 Å². The standard InChI is InChI=1S/C15H23IO/c1-2-3-4-10-14(16)11-7-9-13-8-5-6-12-15(13)17/h5-6,8,12,14,17H,2-4,7,9-11H2,1H3. The number of aromatic hydroxyl groups is 1. The second-order valence-corrected chi connectivity index (χ2v) is 6.38. The first-order valence-corrected chi connectivity index (χ1v) is 7.89. The second kappa shape index (κ2) is 8.78. The Morgan fingerprint density at radius 1 is 1.12 bits per heavy atom. The molecule has 0 radical (unpaired) electrons. The predicted molar refractivity (Wildman–Crippen MR) is 83.0 cm³/mol. The fourth-order valence-corrected chi connectivity index (χ4v) is 2.88. The highest BCUT2D eigenvalue weighted by atomic mass is 127. The zero-order valence-electron chi connectivity index (χ0n) is 10.7. The molecule has 0 saturated carbocycles. The van der Waals surface area contributed by atoms with Crippen molar-refractivity contribution in [2.75, 3.05) is 0 Å². The van der Waals surface area contributed by atoms with Gasteiger partial charge in [0.25, 0.3) is 0 Å². The van der Waals surface area contributed by atoms with E-state index in [1.54, 1.807) is 6.07 Å². The van der Waals surface area contributed by atoms with Crippen molar-refractivity contribution in [1.82, 2.24) is 0 Å². The first-order valence-electron chi connectivity index (χ1n) is 6.65. The lowest BCUT2D eigenvalue weighted by Gasteiger charge is -2.09. The number of halogens is 1. The van der Waals surface area contributed by atoms with E-state index in [1.165, 1.54) is 38.5 Å². The minimum atomic E-state index is 0.448. The molecule has 1 N–H and O–H groups in total. The van der Waals surface area contributed by atoms with Gasteiger partial charge in [-0.1, -0.05) is 67.0 Å². The summed E-state index contributed by atoms with van der Waals surface area (Å²) in [6.45, 7) is 2.25. The van der Waals surface area contributed by atoms with Gasteiger partial charge in [-0.3, -0.25) is 0 Å². The largest absolute Gasteiger partial charge is 0.508 e. The van der Waals surface area contributed by atoms with E-state index in [9.17, 15) is 5.11 Å². The molecule has 0 aromatic heterocycles. The summed E-state index contributed by atoms with van der Waals surface area (Å²) in [7, 11) is 0. The SMILES string of the molecule is CCCCCC(I)CCCc1ccccc1O. The van der Waals surface area contributed by atoms with Crippen LogP contribution in [0.1, 0.15) is 51.0 Å². The van der Waals surface area contributed by atoms with Gasteiger partial charge in [-0.2, -0.15) is 0 Å². The fraction of sp³-hybridized carbons (Fsp3) is 0.600. The number of hydrogen-bond donors (Lipinski definition) is 1. The van der Waals surface area contributed by atoms with E-state index in [0.29, 0.717) is 5.75 Å². The maximum atomic E-state index is 9.65. The lowest BCUT2D eigenvalue weighted by Crippen LogP contribution is -1.99. The van der Waals surface area contributed by atoms with Crippen LogP contribution in [0.25, 0.3) is 0 Å². The molecule has 1 nitrogen and oxygen atoms in total. The zero-order chi connectivity index (χ0) is 12.5. The summed E-state index contributed by atoms with van der Waals surface area (Å²) in [5.41, 5.74) is 1.09. The minimum absolute atomic E-state index is 0.448. The van der Waals surface area contributed by atoms with E-state index in [2.05, 4.69) is 29.5 Å². The molecule has 17 heavy (non-hydrogen) atoms. The van der Waals surface area contributed by atoms with Gasteiger partial charge >= 0.3 is 0 Å². The lowest BCUT2D eigenvalue weighted by atomic mass is 10.0. The molecule has 1 unspecified atom stereocenters. The maximum Gasteiger partial charge on any atom is 0.118 e. The van der Waals surface area contributed by atoms with Crippen LogP contribution in [0, 0.1) is 0 Å². The molecule has 0 spiro atoms. The van der Waals surface area contributed by atoms with Gasteiger partial charge < -0.3 is 5.11 Å². The van der Waals surface area contributed by atoms with Gasteiger partial charge in [0, 0.05) is 3.92 Å². The molecule has 0 saturated heterocycles. The number of para-hydroxylation sites is 1. The molecule has 0 heterocycles. The molecule has 0 amide bonds. The van der Waals surface area contributed by atoms with Crippen LogP contribution < -0.4 is 0 Å². The smallest absolute Gasteiger partial charge is 0.118 e. The average Bonchev–Trinajstić information content (AvgIpc) is 2.32. The van der Waals surface area contributed by atoms with Crippen molar-refractivity contribution in [3.05, 3.63) is 29.8 Å². The molecule has 0 aliphatic heterocycles. The second-order valence-electron chi connectivity index (χ2n) is 4.61. The Morgan fingerprint density at radius 3 is 2.53 bits per heavy atom. The highest BCUT2D eigenvalue weighted by molar-refractivity contribution is 14.1. The Morgan fingerprint density at radius 2 is 1.82 bits per heavy atom. The van der Waals surface area contributed by atoms with E-state index in [4.69, 9.17) is 0 Å². The molecular weight excluding hydrogens is 323 g/mol. The number of alkyl halides is 1. The van der Waals surface area contributed by atoms with Crippen molar-refractivity contribution in [2.24, 2.45) is 0 Å². The molecule has 2 heteroatoms. The first kappa shape index (κ1) is 14.8.